The molecule has 0 aliphatic heterocycles. The number of carboxylic acids is 1. The standard InChI is InChI=1S/C10H11NO3.Na.H/c12-7-11-9(10(13)14)6-8-4-2-1-3-5-8;;/h1-5,7,9H,6H2,(H,11,12)(H,13,14);;. The molecular weight excluding hydrogens is 205 g/mol. The Bertz CT molecular complexity index is 316. The number of carbonyl (C=O) groups is 2. The van der Waals surface area contributed by atoms with Gasteiger partial charge in [-0.1, -0.05) is 30.3 Å². The van der Waals surface area contributed by atoms with Crippen LogP contribution in [0.1, 0.15) is 5.56 Å². The summed E-state index contributed by atoms with van der Waals surface area (Å²) in [5.74, 6) is -1.03. The molecule has 0 aliphatic carbocycles. The van der Waals surface area contributed by atoms with Crippen molar-refractivity contribution >= 4 is 41.9 Å². The zero-order valence-electron chi connectivity index (χ0n) is 7.51. The number of carbonyl (C=O) groups excluding carboxylic acids is 1. The monoisotopic (exact) mass is 217 g/mol. The molecule has 0 saturated heterocycles. The average molecular weight is 217 g/mol. The summed E-state index contributed by atoms with van der Waals surface area (Å²) in [6.45, 7) is 0. The Hall–Kier alpha value is -0.840. The molecule has 0 bridgehead atoms. The van der Waals surface area contributed by atoms with Crippen LogP contribution in [0.15, 0.2) is 30.3 Å². The summed E-state index contributed by atoms with van der Waals surface area (Å²) in [4.78, 5) is 20.8. The van der Waals surface area contributed by atoms with Gasteiger partial charge in [0.1, 0.15) is 6.04 Å². The Labute approximate surface area is 110 Å². The summed E-state index contributed by atoms with van der Waals surface area (Å²) >= 11 is 0. The fraction of sp³-hybridized carbons (Fsp3) is 0.200. The molecule has 0 aliphatic rings. The van der Waals surface area contributed by atoms with E-state index in [0.29, 0.717) is 12.8 Å². The van der Waals surface area contributed by atoms with E-state index in [1.807, 2.05) is 30.3 Å². The average Bonchev–Trinajstić information content (AvgIpc) is 2.18. The van der Waals surface area contributed by atoms with Gasteiger partial charge in [-0.3, -0.25) is 4.79 Å². The van der Waals surface area contributed by atoms with Crippen LogP contribution in [-0.2, 0) is 16.0 Å². The molecule has 1 aromatic rings. The first-order valence-electron chi connectivity index (χ1n) is 4.20. The first kappa shape index (κ1) is 14.2. The number of hydrogen-bond donors (Lipinski definition) is 2. The van der Waals surface area contributed by atoms with Crippen LogP contribution in [0.5, 0.6) is 0 Å². The van der Waals surface area contributed by atoms with Crippen molar-refractivity contribution in [3.63, 3.8) is 0 Å². The topological polar surface area (TPSA) is 66.4 Å². The van der Waals surface area contributed by atoms with E-state index in [9.17, 15) is 9.59 Å². The molecule has 0 spiro atoms. The number of amides is 1. The second-order valence-electron chi connectivity index (χ2n) is 2.87. The van der Waals surface area contributed by atoms with E-state index >= 15 is 0 Å². The fourth-order valence-electron chi connectivity index (χ4n) is 1.15. The number of aliphatic carboxylic acids is 1. The zero-order chi connectivity index (χ0) is 10.4. The van der Waals surface area contributed by atoms with Crippen LogP contribution in [0, 0.1) is 0 Å². The van der Waals surface area contributed by atoms with Gasteiger partial charge in [-0.15, -0.1) is 0 Å². The number of hydrogen-bond acceptors (Lipinski definition) is 2. The van der Waals surface area contributed by atoms with Crippen LogP contribution in [0.2, 0.25) is 0 Å². The normalized spacial score (nSPS) is 10.9. The predicted octanol–water partition coefficient (Wildman–Crippen LogP) is -0.220. The molecule has 5 heteroatoms. The molecule has 0 fully saturated rings. The van der Waals surface area contributed by atoms with E-state index in [1.54, 1.807) is 0 Å². The number of nitrogens with one attached hydrogen (secondary N) is 1. The van der Waals surface area contributed by atoms with Crippen molar-refractivity contribution in [3.8, 4) is 0 Å². The van der Waals surface area contributed by atoms with Gasteiger partial charge in [0.2, 0.25) is 6.41 Å². The molecule has 76 valence electrons. The van der Waals surface area contributed by atoms with Gasteiger partial charge in [0.05, 0.1) is 0 Å². The van der Waals surface area contributed by atoms with Crippen molar-refractivity contribution in [1.29, 1.82) is 0 Å². The summed E-state index contributed by atoms with van der Waals surface area (Å²) in [5.41, 5.74) is 0.884. The van der Waals surface area contributed by atoms with Crippen molar-refractivity contribution in [2.24, 2.45) is 0 Å². The molecule has 0 heterocycles. The van der Waals surface area contributed by atoms with Crippen molar-refractivity contribution in [2.75, 3.05) is 0 Å². The second-order valence-corrected chi connectivity index (χ2v) is 2.87. The van der Waals surface area contributed by atoms with E-state index in [2.05, 4.69) is 5.32 Å². The summed E-state index contributed by atoms with van der Waals surface area (Å²) in [6, 6.07) is 8.30. The third-order valence-electron chi connectivity index (χ3n) is 1.85. The van der Waals surface area contributed by atoms with Gasteiger partial charge in [-0.2, -0.15) is 0 Å². The van der Waals surface area contributed by atoms with Gasteiger partial charge in [-0.05, 0) is 5.56 Å². The van der Waals surface area contributed by atoms with Crippen LogP contribution in [0.25, 0.3) is 0 Å². The number of rotatable bonds is 5. The molecule has 0 radical (unpaired) electrons. The minimum atomic E-state index is -1.03. The predicted molar refractivity (Wildman–Crippen MR) is 57.9 cm³/mol. The van der Waals surface area contributed by atoms with E-state index in [0.717, 1.165) is 5.56 Å². The second kappa shape index (κ2) is 7.45. The molecule has 0 saturated carbocycles. The van der Waals surface area contributed by atoms with Crippen LogP contribution < -0.4 is 5.32 Å². The van der Waals surface area contributed by atoms with E-state index in [1.165, 1.54) is 0 Å². The Balaban J connectivity index is 0.00000196. The van der Waals surface area contributed by atoms with Crippen molar-refractivity contribution in [2.45, 2.75) is 12.5 Å². The Morgan fingerprint density at radius 3 is 2.47 bits per heavy atom. The molecule has 2 N–H and O–H groups in total. The van der Waals surface area contributed by atoms with Gasteiger partial charge in [-0.25, -0.2) is 4.79 Å². The first-order valence-corrected chi connectivity index (χ1v) is 4.20. The molecule has 1 aromatic carbocycles. The van der Waals surface area contributed by atoms with E-state index in [4.69, 9.17) is 5.11 Å². The van der Waals surface area contributed by atoms with Crippen LogP contribution in [0.4, 0.5) is 0 Å². The third-order valence-corrected chi connectivity index (χ3v) is 1.85. The summed E-state index contributed by atoms with van der Waals surface area (Å²) in [7, 11) is 0. The fourth-order valence-corrected chi connectivity index (χ4v) is 1.15. The molecule has 0 aromatic heterocycles. The van der Waals surface area contributed by atoms with E-state index in [-0.39, 0.29) is 29.6 Å². The molecular formula is C10H12NNaO3. The summed E-state index contributed by atoms with van der Waals surface area (Å²) in [5, 5.41) is 11.0. The molecule has 1 unspecified atom stereocenters. The molecule has 1 atom stereocenters. The van der Waals surface area contributed by atoms with Crippen LogP contribution in [0.3, 0.4) is 0 Å². The molecule has 1 amide bonds. The Morgan fingerprint density at radius 2 is 2.00 bits per heavy atom. The maximum absolute atomic E-state index is 10.7. The van der Waals surface area contributed by atoms with Gasteiger partial charge in [0.25, 0.3) is 0 Å². The van der Waals surface area contributed by atoms with Gasteiger partial charge >= 0.3 is 35.5 Å². The number of benzene rings is 1. The number of carboxylic acid groups (broad SMARTS) is 1. The SMILES string of the molecule is O=CNC(Cc1ccccc1)C(=O)O.[NaH]. The summed E-state index contributed by atoms with van der Waals surface area (Å²) in [6.07, 6.45) is 0.705. The van der Waals surface area contributed by atoms with Gasteiger partial charge in [0.15, 0.2) is 0 Å². The first-order chi connectivity index (χ1) is 6.74. The van der Waals surface area contributed by atoms with Crippen molar-refractivity contribution in [1.82, 2.24) is 5.32 Å². The molecule has 15 heavy (non-hydrogen) atoms. The summed E-state index contributed by atoms with van der Waals surface area (Å²) < 4.78 is 0. The van der Waals surface area contributed by atoms with Crippen molar-refractivity contribution in [3.05, 3.63) is 35.9 Å². The molecule has 4 nitrogen and oxygen atoms in total. The Morgan fingerprint density at radius 1 is 1.40 bits per heavy atom. The molecule has 1 rings (SSSR count). The van der Waals surface area contributed by atoms with E-state index < -0.39 is 12.0 Å². The minimum absolute atomic E-state index is 0. The Kier molecular flexibility index (Phi) is 7.03. The van der Waals surface area contributed by atoms with Crippen LogP contribution >= 0.6 is 0 Å². The van der Waals surface area contributed by atoms with Crippen molar-refractivity contribution < 1.29 is 14.7 Å². The van der Waals surface area contributed by atoms with Crippen LogP contribution in [-0.4, -0.2) is 53.1 Å². The van der Waals surface area contributed by atoms with Gasteiger partial charge in [0, 0.05) is 6.42 Å². The van der Waals surface area contributed by atoms with Gasteiger partial charge < -0.3 is 10.4 Å². The maximum atomic E-state index is 10.7. The quantitative estimate of drug-likeness (QED) is 0.529. The third kappa shape index (κ3) is 4.97. The zero-order valence-corrected chi connectivity index (χ0v) is 7.51.